The lowest BCUT2D eigenvalue weighted by molar-refractivity contribution is 0.0276. The Morgan fingerprint density at radius 3 is 2.71 bits per heavy atom. The van der Waals surface area contributed by atoms with Gasteiger partial charge in [-0.15, -0.1) is 0 Å². The van der Waals surface area contributed by atoms with Crippen LogP contribution in [0.5, 0.6) is 0 Å². The van der Waals surface area contributed by atoms with Crippen molar-refractivity contribution in [2.24, 2.45) is 16.3 Å². The van der Waals surface area contributed by atoms with Crippen LogP contribution in [-0.4, -0.2) is 48.6 Å². The fourth-order valence-electron chi connectivity index (χ4n) is 3.07. The molecule has 5 nitrogen and oxygen atoms in total. The third kappa shape index (κ3) is 3.69. The number of hydrogen-bond acceptors (Lipinski definition) is 4. The van der Waals surface area contributed by atoms with Crippen molar-refractivity contribution in [1.29, 1.82) is 0 Å². The lowest BCUT2D eigenvalue weighted by Gasteiger charge is -2.30. The van der Waals surface area contributed by atoms with E-state index >= 15 is 0 Å². The summed E-state index contributed by atoms with van der Waals surface area (Å²) in [5.41, 5.74) is 0.111. The second-order valence-corrected chi connectivity index (χ2v) is 7.72. The van der Waals surface area contributed by atoms with Crippen LogP contribution >= 0.6 is 0 Å². The second-order valence-electron chi connectivity index (χ2n) is 7.72. The molecule has 2 fully saturated rings. The van der Waals surface area contributed by atoms with E-state index in [1.54, 1.807) is 4.90 Å². The molecule has 0 radical (unpaired) electrons. The van der Waals surface area contributed by atoms with Crippen molar-refractivity contribution < 1.29 is 9.53 Å². The van der Waals surface area contributed by atoms with Gasteiger partial charge in [0, 0.05) is 13.1 Å². The Kier molecular flexibility index (Phi) is 3.62. The second kappa shape index (κ2) is 5.18. The topological polar surface area (TPSA) is 53.9 Å². The van der Waals surface area contributed by atoms with E-state index in [2.05, 4.69) is 10.3 Å². The Morgan fingerprint density at radius 1 is 1.43 bits per heavy atom. The van der Waals surface area contributed by atoms with Crippen molar-refractivity contribution in [1.82, 2.24) is 10.2 Å². The van der Waals surface area contributed by atoms with Crippen LogP contribution in [0, 0.1) is 11.3 Å². The molecule has 2 saturated carbocycles. The molecule has 0 spiro atoms. The van der Waals surface area contributed by atoms with Gasteiger partial charge in [-0.3, -0.25) is 9.89 Å². The molecule has 1 heterocycles. The first-order valence-corrected chi connectivity index (χ1v) is 8.13. The van der Waals surface area contributed by atoms with Gasteiger partial charge in [0.15, 0.2) is 0 Å². The van der Waals surface area contributed by atoms with Crippen molar-refractivity contribution in [3.63, 3.8) is 0 Å². The average molecular weight is 293 g/mol. The maximum absolute atomic E-state index is 12.1. The normalized spacial score (nSPS) is 24.3. The summed E-state index contributed by atoms with van der Waals surface area (Å²) in [7, 11) is 0. The van der Waals surface area contributed by atoms with Gasteiger partial charge in [-0.25, -0.2) is 4.79 Å². The zero-order valence-electron chi connectivity index (χ0n) is 13.4. The number of rotatable bonds is 3. The summed E-state index contributed by atoms with van der Waals surface area (Å²) in [5, 5.41) is 3.49. The van der Waals surface area contributed by atoms with Gasteiger partial charge in [-0.05, 0) is 57.8 Å². The van der Waals surface area contributed by atoms with Crippen LogP contribution in [0.1, 0.15) is 46.5 Å². The molecule has 1 N–H and O–H groups in total. The largest absolute Gasteiger partial charge is 0.444 e. The first-order valence-electron chi connectivity index (χ1n) is 8.13. The van der Waals surface area contributed by atoms with Crippen LogP contribution in [0.3, 0.4) is 0 Å². The Bertz CT molecular complexity index is 445. The molecule has 3 aliphatic rings. The summed E-state index contributed by atoms with van der Waals surface area (Å²) in [6, 6.07) is 0. The highest BCUT2D eigenvalue weighted by Gasteiger charge is 2.53. The van der Waals surface area contributed by atoms with E-state index in [0.29, 0.717) is 25.0 Å². The van der Waals surface area contributed by atoms with E-state index in [9.17, 15) is 4.79 Å². The van der Waals surface area contributed by atoms with Crippen molar-refractivity contribution in [2.75, 3.05) is 26.2 Å². The highest BCUT2D eigenvalue weighted by molar-refractivity contribution is 5.88. The smallest absolute Gasteiger partial charge is 0.410 e. The maximum Gasteiger partial charge on any atom is 0.410 e. The van der Waals surface area contributed by atoms with Crippen molar-refractivity contribution >= 4 is 11.9 Å². The number of nitrogens with zero attached hydrogens (tertiary/aromatic N) is 2. The van der Waals surface area contributed by atoms with Crippen LogP contribution < -0.4 is 5.32 Å². The summed E-state index contributed by atoms with van der Waals surface area (Å²) in [6.45, 7) is 8.58. The number of amides is 1. The molecular formula is C16H27N3O2. The molecule has 1 aliphatic heterocycles. The molecule has 118 valence electrons. The molecule has 0 aromatic carbocycles. The van der Waals surface area contributed by atoms with Gasteiger partial charge in [0.05, 0.1) is 13.1 Å². The third-order valence-corrected chi connectivity index (χ3v) is 4.65. The fourth-order valence-corrected chi connectivity index (χ4v) is 3.07. The summed E-state index contributed by atoms with van der Waals surface area (Å²) < 4.78 is 5.44. The van der Waals surface area contributed by atoms with Crippen LogP contribution in [-0.2, 0) is 4.74 Å². The molecular weight excluding hydrogens is 266 g/mol. The number of carbonyl (C=O) groups is 1. The molecule has 3 rings (SSSR count). The van der Waals surface area contributed by atoms with Crippen LogP contribution in [0.2, 0.25) is 0 Å². The first kappa shape index (κ1) is 14.7. The lowest BCUT2D eigenvalue weighted by Crippen LogP contribution is -2.48. The molecule has 0 unspecified atom stereocenters. The molecule has 1 amide bonds. The van der Waals surface area contributed by atoms with Gasteiger partial charge >= 0.3 is 6.09 Å². The predicted molar refractivity (Wildman–Crippen MR) is 82.5 cm³/mol. The Morgan fingerprint density at radius 2 is 2.14 bits per heavy atom. The molecule has 0 saturated heterocycles. The standard InChI is InChI=1S/C16H27N3O2/c1-15(2,3)21-14(20)19-9-8-17-13(10-19)18-11-16(6-7-16)12-4-5-12/h12H,4-11H2,1-3H3,(H,17,18). The van der Waals surface area contributed by atoms with E-state index in [4.69, 9.17) is 4.74 Å². The summed E-state index contributed by atoms with van der Waals surface area (Å²) in [5.74, 6) is 1.88. The highest BCUT2D eigenvalue weighted by Crippen LogP contribution is 2.60. The van der Waals surface area contributed by atoms with E-state index in [-0.39, 0.29) is 6.09 Å². The van der Waals surface area contributed by atoms with Crippen molar-refractivity contribution in [3.8, 4) is 0 Å². The number of carbonyl (C=O) groups excluding carboxylic acids is 1. The fraction of sp³-hybridized carbons (Fsp3) is 0.875. The SMILES string of the molecule is CC(C)(C)OC(=O)N1CCN=C(NCC2(C3CC3)CC2)C1. The van der Waals surface area contributed by atoms with Crippen LogP contribution in [0.15, 0.2) is 4.99 Å². The minimum atomic E-state index is -0.441. The number of ether oxygens (including phenoxy) is 1. The number of amidine groups is 1. The molecule has 0 aromatic rings. The molecule has 0 atom stereocenters. The Hall–Kier alpha value is -1.26. The van der Waals surface area contributed by atoms with Crippen molar-refractivity contribution in [2.45, 2.75) is 52.1 Å². The van der Waals surface area contributed by atoms with E-state index in [0.717, 1.165) is 18.3 Å². The molecule has 21 heavy (non-hydrogen) atoms. The zero-order chi connectivity index (χ0) is 15.1. The lowest BCUT2D eigenvalue weighted by atomic mass is 10.0. The highest BCUT2D eigenvalue weighted by atomic mass is 16.6. The van der Waals surface area contributed by atoms with Gasteiger partial charge < -0.3 is 10.1 Å². The van der Waals surface area contributed by atoms with Gasteiger partial charge in [0.2, 0.25) is 0 Å². The number of hydrogen-bond donors (Lipinski definition) is 1. The summed E-state index contributed by atoms with van der Waals surface area (Å²) in [6.07, 6.45) is 5.28. The molecule has 0 aromatic heterocycles. The summed E-state index contributed by atoms with van der Waals surface area (Å²) in [4.78, 5) is 18.4. The molecule has 5 heteroatoms. The van der Waals surface area contributed by atoms with Gasteiger partial charge in [-0.1, -0.05) is 0 Å². The van der Waals surface area contributed by atoms with Gasteiger partial charge in [0.1, 0.15) is 11.4 Å². The number of aliphatic imine (C=N–C) groups is 1. The van der Waals surface area contributed by atoms with Gasteiger partial charge in [0.25, 0.3) is 0 Å². The van der Waals surface area contributed by atoms with Crippen molar-refractivity contribution in [3.05, 3.63) is 0 Å². The van der Waals surface area contributed by atoms with E-state index < -0.39 is 5.60 Å². The summed E-state index contributed by atoms with van der Waals surface area (Å²) >= 11 is 0. The monoisotopic (exact) mass is 293 g/mol. The first-order chi connectivity index (χ1) is 9.88. The van der Waals surface area contributed by atoms with Crippen LogP contribution in [0.25, 0.3) is 0 Å². The quantitative estimate of drug-likeness (QED) is 0.869. The molecule has 2 aliphatic carbocycles. The van der Waals surface area contributed by atoms with Crippen LogP contribution in [0.4, 0.5) is 4.79 Å². The average Bonchev–Trinajstić information content (AvgIpc) is 3.25. The van der Waals surface area contributed by atoms with E-state index in [1.807, 2.05) is 20.8 Å². The van der Waals surface area contributed by atoms with E-state index in [1.165, 1.54) is 25.7 Å². The Labute approximate surface area is 127 Å². The maximum atomic E-state index is 12.1. The predicted octanol–water partition coefficient (Wildman–Crippen LogP) is 2.42. The van der Waals surface area contributed by atoms with Gasteiger partial charge in [-0.2, -0.15) is 0 Å². The number of nitrogens with one attached hydrogen (secondary N) is 1. The zero-order valence-corrected chi connectivity index (χ0v) is 13.4. The Balaban J connectivity index is 1.49. The minimum Gasteiger partial charge on any atom is -0.444 e. The third-order valence-electron chi connectivity index (χ3n) is 4.65. The molecule has 0 bridgehead atoms. The minimum absolute atomic E-state index is 0.236.